The summed E-state index contributed by atoms with van der Waals surface area (Å²) in [6.45, 7) is 16.4. The van der Waals surface area contributed by atoms with Gasteiger partial charge in [-0.2, -0.15) is 0 Å². The van der Waals surface area contributed by atoms with Crippen LogP contribution in [0.2, 0.25) is 0 Å². The van der Waals surface area contributed by atoms with Crippen LogP contribution in [0.4, 0.5) is 4.79 Å². The van der Waals surface area contributed by atoms with E-state index in [1.807, 2.05) is 52.8 Å². The summed E-state index contributed by atoms with van der Waals surface area (Å²) in [5.74, 6) is -2.50. The van der Waals surface area contributed by atoms with E-state index in [4.69, 9.17) is 15.2 Å². The molecule has 0 aromatic carbocycles. The first-order chi connectivity index (χ1) is 19.1. The molecular weight excluding hydrogens is 526 g/mol. The van der Waals surface area contributed by atoms with E-state index in [1.165, 1.54) is 0 Å². The summed E-state index contributed by atoms with van der Waals surface area (Å²) in [7, 11) is 0. The number of aliphatic hydroxyl groups is 4. The summed E-state index contributed by atoms with van der Waals surface area (Å²) in [5, 5.41) is 42.5. The summed E-state index contributed by atoms with van der Waals surface area (Å²) in [5.41, 5.74) is 5.27. The Labute approximate surface area is 245 Å². The number of cyclic esters (lactones) is 1. The highest BCUT2D eigenvalue weighted by Crippen LogP contribution is 2.30. The van der Waals surface area contributed by atoms with Crippen LogP contribution >= 0.6 is 0 Å². The number of allylic oxidation sites excluding steroid dienone is 3. The zero-order valence-electron chi connectivity index (χ0n) is 25.7. The van der Waals surface area contributed by atoms with Crippen molar-refractivity contribution in [2.75, 3.05) is 0 Å². The third-order valence-corrected chi connectivity index (χ3v) is 8.37. The Morgan fingerprint density at radius 1 is 1.00 bits per heavy atom. The van der Waals surface area contributed by atoms with Crippen molar-refractivity contribution < 1.29 is 39.5 Å². The molecule has 0 saturated carbocycles. The van der Waals surface area contributed by atoms with Crippen LogP contribution in [-0.2, 0) is 14.3 Å². The van der Waals surface area contributed by atoms with Gasteiger partial charge < -0.3 is 35.6 Å². The third-order valence-electron chi connectivity index (χ3n) is 8.37. The first-order valence-corrected chi connectivity index (χ1v) is 14.6. The van der Waals surface area contributed by atoms with Crippen molar-refractivity contribution in [3.05, 3.63) is 49.1 Å². The number of nitrogens with two attached hydrogens (primary N) is 1. The maximum Gasteiger partial charge on any atom is 0.404 e. The van der Waals surface area contributed by atoms with Crippen LogP contribution in [0.15, 0.2) is 49.1 Å². The van der Waals surface area contributed by atoms with Gasteiger partial charge >= 0.3 is 12.1 Å². The Kier molecular flexibility index (Phi) is 15.6. The molecule has 1 fully saturated rings. The van der Waals surface area contributed by atoms with Gasteiger partial charge in [0, 0.05) is 36.0 Å². The van der Waals surface area contributed by atoms with Crippen molar-refractivity contribution in [3.8, 4) is 0 Å². The molecule has 1 rings (SSSR count). The van der Waals surface area contributed by atoms with Crippen LogP contribution in [0.3, 0.4) is 0 Å². The quantitative estimate of drug-likeness (QED) is 0.105. The van der Waals surface area contributed by atoms with Crippen LogP contribution < -0.4 is 5.73 Å². The van der Waals surface area contributed by atoms with Gasteiger partial charge in [0.1, 0.15) is 12.2 Å². The molecule has 13 atom stereocenters. The summed E-state index contributed by atoms with van der Waals surface area (Å²) in [6.07, 6.45) is 7.85. The lowest BCUT2D eigenvalue weighted by Crippen LogP contribution is -2.47. The minimum Gasteiger partial charge on any atom is -0.462 e. The number of carbonyl (C=O) groups excluding carboxylic acids is 2. The molecular formula is C32H53NO8. The number of rotatable bonds is 16. The fourth-order valence-corrected chi connectivity index (χ4v) is 5.32. The largest absolute Gasteiger partial charge is 0.462 e. The summed E-state index contributed by atoms with van der Waals surface area (Å²) in [4.78, 5) is 23.4. The maximum absolute atomic E-state index is 11.9. The summed E-state index contributed by atoms with van der Waals surface area (Å²) in [6, 6.07) is 0. The third kappa shape index (κ3) is 11.4. The Morgan fingerprint density at radius 3 is 2.20 bits per heavy atom. The van der Waals surface area contributed by atoms with E-state index in [0.717, 1.165) is 0 Å². The summed E-state index contributed by atoms with van der Waals surface area (Å²) >= 11 is 0. The van der Waals surface area contributed by atoms with E-state index >= 15 is 0 Å². The van der Waals surface area contributed by atoms with Crippen LogP contribution in [0.25, 0.3) is 0 Å². The minimum atomic E-state index is -0.891. The van der Waals surface area contributed by atoms with E-state index in [1.54, 1.807) is 38.2 Å². The topological polar surface area (TPSA) is 160 Å². The van der Waals surface area contributed by atoms with E-state index in [9.17, 15) is 30.0 Å². The van der Waals surface area contributed by atoms with Crippen LogP contribution in [0, 0.1) is 41.4 Å². The van der Waals surface area contributed by atoms with Gasteiger partial charge in [0.25, 0.3) is 0 Å². The van der Waals surface area contributed by atoms with E-state index in [0.29, 0.717) is 6.42 Å². The SMILES string of the molecule is C=C/C=C\[C@H](C)[C@H](OC(N)=O)[C@@H](C)[C@H](O)[C@@H](C)C/C=C\[C@H](C)[C@@H](O)[C@@H](C)/C=C\[C@@H](O)CC1OC(=O)[C@H](C)[C@@H](O)[C@H]1C. The van der Waals surface area contributed by atoms with Gasteiger partial charge in [-0.3, -0.25) is 4.79 Å². The van der Waals surface area contributed by atoms with Crippen molar-refractivity contribution in [1.29, 1.82) is 0 Å². The molecule has 0 aromatic heterocycles. The standard InChI is InChI=1S/C32H53NO8/c1-9-10-12-21(5)30(41-32(33)39)23(7)28(36)19(3)14-11-13-18(2)27(35)20(4)15-16-25(34)17-26-22(6)29(37)24(8)31(38)40-26/h9-13,15-16,18-30,34-37H,1,14,17H2,2-8H3,(H2,33,39)/b12-10-,13-11-,16-15-/t18-,19-,20-,21-,22-,23-,24+,25+,26?,27+,28+,29-,30-/m0/s1. The molecule has 6 N–H and O–H groups in total. The fourth-order valence-electron chi connectivity index (χ4n) is 5.32. The maximum atomic E-state index is 11.9. The highest BCUT2D eigenvalue weighted by atomic mass is 16.6. The van der Waals surface area contributed by atoms with Crippen molar-refractivity contribution in [1.82, 2.24) is 0 Å². The molecule has 234 valence electrons. The van der Waals surface area contributed by atoms with Crippen molar-refractivity contribution >= 4 is 12.1 Å². The molecule has 0 spiro atoms. The first kappa shape index (κ1) is 36.6. The number of hydrogen-bond donors (Lipinski definition) is 5. The second-order valence-corrected chi connectivity index (χ2v) is 11.9. The second-order valence-electron chi connectivity index (χ2n) is 11.9. The lowest BCUT2D eigenvalue weighted by Gasteiger charge is -2.36. The monoisotopic (exact) mass is 579 g/mol. The highest BCUT2D eigenvalue weighted by Gasteiger charge is 2.41. The number of primary amides is 1. The molecule has 1 heterocycles. The van der Waals surface area contributed by atoms with Gasteiger partial charge in [0.15, 0.2) is 0 Å². The normalized spacial score (nSPS) is 28.4. The molecule has 41 heavy (non-hydrogen) atoms. The molecule has 1 unspecified atom stereocenters. The molecule has 9 nitrogen and oxygen atoms in total. The average molecular weight is 580 g/mol. The van der Waals surface area contributed by atoms with Gasteiger partial charge in [-0.15, -0.1) is 0 Å². The average Bonchev–Trinajstić information content (AvgIpc) is 2.93. The van der Waals surface area contributed by atoms with Crippen molar-refractivity contribution in [3.63, 3.8) is 0 Å². The smallest absolute Gasteiger partial charge is 0.404 e. The zero-order chi connectivity index (χ0) is 31.4. The van der Waals surface area contributed by atoms with Crippen LogP contribution in [0.5, 0.6) is 0 Å². The molecule has 1 amide bonds. The number of carbonyl (C=O) groups is 2. The van der Waals surface area contributed by atoms with Crippen molar-refractivity contribution in [2.45, 2.75) is 97.9 Å². The zero-order valence-corrected chi connectivity index (χ0v) is 25.7. The number of hydrogen-bond acceptors (Lipinski definition) is 8. The molecule has 9 heteroatoms. The molecule has 1 aliphatic heterocycles. The Bertz CT molecular complexity index is 917. The number of amides is 1. The van der Waals surface area contributed by atoms with Crippen LogP contribution in [-0.4, -0.2) is 69.1 Å². The lowest BCUT2D eigenvalue weighted by molar-refractivity contribution is -0.179. The van der Waals surface area contributed by atoms with Gasteiger partial charge in [0.05, 0.1) is 30.3 Å². The first-order valence-electron chi connectivity index (χ1n) is 14.6. The number of aliphatic hydroxyl groups excluding tert-OH is 4. The van der Waals surface area contributed by atoms with E-state index < -0.39 is 54.6 Å². The minimum absolute atomic E-state index is 0.148. The lowest BCUT2D eigenvalue weighted by atomic mass is 9.82. The molecule has 0 aliphatic carbocycles. The predicted octanol–water partition coefficient (Wildman–Crippen LogP) is 3.91. The Balaban J connectivity index is 2.67. The van der Waals surface area contributed by atoms with E-state index in [2.05, 4.69) is 6.58 Å². The van der Waals surface area contributed by atoms with Gasteiger partial charge in [-0.25, -0.2) is 4.79 Å². The molecule has 0 aromatic rings. The van der Waals surface area contributed by atoms with Crippen LogP contribution in [0.1, 0.15) is 61.3 Å². The Morgan fingerprint density at radius 2 is 1.61 bits per heavy atom. The number of esters is 1. The van der Waals surface area contributed by atoms with Gasteiger partial charge in [-0.1, -0.05) is 90.7 Å². The van der Waals surface area contributed by atoms with Crippen molar-refractivity contribution in [2.24, 2.45) is 47.2 Å². The molecule has 0 bridgehead atoms. The predicted molar refractivity (Wildman–Crippen MR) is 159 cm³/mol. The molecule has 1 aliphatic rings. The fraction of sp³-hybridized carbons (Fsp3) is 0.688. The second kappa shape index (κ2) is 17.5. The van der Waals surface area contributed by atoms with E-state index in [-0.39, 0.29) is 41.9 Å². The highest BCUT2D eigenvalue weighted by molar-refractivity contribution is 5.73. The molecule has 1 saturated heterocycles. The summed E-state index contributed by atoms with van der Waals surface area (Å²) < 4.78 is 10.7. The van der Waals surface area contributed by atoms with Gasteiger partial charge in [-0.05, 0) is 19.3 Å². The Hall–Kier alpha value is -2.46. The molecule has 0 radical (unpaired) electrons. The number of ether oxygens (including phenoxy) is 2. The van der Waals surface area contributed by atoms with Gasteiger partial charge in [0.2, 0.25) is 0 Å².